The van der Waals surface area contributed by atoms with Gasteiger partial charge in [-0.2, -0.15) is 0 Å². The molecule has 2 saturated carbocycles. The van der Waals surface area contributed by atoms with E-state index in [4.69, 9.17) is 0 Å². The zero-order valence-corrected chi connectivity index (χ0v) is 9.63. The van der Waals surface area contributed by atoms with Gasteiger partial charge in [0, 0.05) is 16.9 Å². The third-order valence-electron chi connectivity index (χ3n) is 4.11. The summed E-state index contributed by atoms with van der Waals surface area (Å²) in [6.07, 6.45) is 3.06. The first-order chi connectivity index (χ1) is 8.08. The van der Waals surface area contributed by atoms with Crippen LogP contribution in [-0.2, 0) is 11.3 Å². The summed E-state index contributed by atoms with van der Waals surface area (Å²) in [5.41, 5.74) is 0.769. The molecule has 0 amide bonds. The van der Waals surface area contributed by atoms with Crippen molar-refractivity contribution in [3.05, 3.63) is 35.4 Å². The molecule has 1 aromatic carbocycles. The van der Waals surface area contributed by atoms with Crippen molar-refractivity contribution in [2.45, 2.75) is 37.0 Å². The van der Waals surface area contributed by atoms with Crippen molar-refractivity contribution in [2.75, 3.05) is 6.61 Å². The Hall–Kier alpha value is -0.960. The first-order valence-corrected chi connectivity index (χ1v) is 6.18. The molecule has 17 heavy (non-hydrogen) atoms. The molecule has 0 saturated heterocycles. The molecule has 1 aromatic rings. The summed E-state index contributed by atoms with van der Waals surface area (Å²) >= 11 is 0. The van der Waals surface area contributed by atoms with Gasteiger partial charge in [-0.15, -0.1) is 0 Å². The molecule has 0 heterocycles. The highest BCUT2D eigenvalue weighted by molar-refractivity contribution is 5.37. The fourth-order valence-electron chi connectivity index (χ4n) is 2.43. The van der Waals surface area contributed by atoms with Gasteiger partial charge in [-0.05, 0) is 37.3 Å². The third-order valence-corrected chi connectivity index (χ3v) is 4.11. The standard InChI is InChI=1S/C14H16F2O/c15-14(16,10-4-5-10)12-3-1-2-11(8-12)13(9-17)6-7-13/h1-3,8,10,17H,4-7,9H2. The van der Waals surface area contributed by atoms with E-state index in [0.29, 0.717) is 12.8 Å². The van der Waals surface area contributed by atoms with Crippen LogP contribution in [0, 0.1) is 5.92 Å². The van der Waals surface area contributed by atoms with Crippen LogP contribution in [0.4, 0.5) is 8.78 Å². The van der Waals surface area contributed by atoms with Gasteiger partial charge in [-0.1, -0.05) is 18.2 Å². The van der Waals surface area contributed by atoms with Crippen molar-refractivity contribution < 1.29 is 13.9 Å². The molecule has 3 heteroatoms. The van der Waals surface area contributed by atoms with Crippen molar-refractivity contribution in [1.82, 2.24) is 0 Å². The lowest BCUT2D eigenvalue weighted by atomic mass is 9.93. The molecule has 3 rings (SSSR count). The highest BCUT2D eigenvalue weighted by Gasteiger charge is 2.49. The molecular weight excluding hydrogens is 222 g/mol. The molecule has 0 spiro atoms. The number of aliphatic hydroxyl groups is 1. The average molecular weight is 238 g/mol. The molecular formula is C14H16F2O. The minimum atomic E-state index is -2.69. The number of aliphatic hydroxyl groups excluding tert-OH is 1. The van der Waals surface area contributed by atoms with Gasteiger partial charge in [-0.3, -0.25) is 0 Å². The van der Waals surface area contributed by atoms with Gasteiger partial charge in [0.25, 0.3) is 5.92 Å². The number of alkyl halides is 2. The van der Waals surface area contributed by atoms with Crippen LogP contribution < -0.4 is 0 Å². The Morgan fingerprint density at radius 3 is 2.53 bits per heavy atom. The Bertz CT molecular complexity index is 434. The Morgan fingerprint density at radius 2 is 2.00 bits per heavy atom. The van der Waals surface area contributed by atoms with Crippen molar-refractivity contribution in [3.8, 4) is 0 Å². The second-order valence-corrected chi connectivity index (χ2v) is 5.42. The minimum absolute atomic E-state index is 0.0610. The smallest absolute Gasteiger partial charge is 0.276 e. The second kappa shape index (κ2) is 3.52. The number of halogens is 2. The molecule has 1 nitrogen and oxygen atoms in total. The second-order valence-electron chi connectivity index (χ2n) is 5.42. The number of hydrogen-bond donors (Lipinski definition) is 1. The highest BCUT2D eigenvalue weighted by atomic mass is 19.3. The normalized spacial score (nSPS) is 22.5. The topological polar surface area (TPSA) is 20.2 Å². The Labute approximate surface area is 99.5 Å². The average Bonchev–Trinajstić information content (AvgIpc) is 3.19. The molecule has 1 N–H and O–H groups in total. The van der Waals surface area contributed by atoms with Gasteiger partial charge in [0.2, 0.25) is 0 Å². The summed E-state index contributed by atoms with van der Waals surface area (Å²) in [6, 6.07) is 6.66. The van der Waals surface area contributed by atoms with Crippen LogP contribution in [0.5, 0.6) is 0 Å². The first-order valence-electron chi connectivity index (χ1n) is 6.18. The van der Waals surface area contributed by atoms with E-state index in [1.165, 1.54) is 6.07 Å². The van der Waals surface area contributed by atoms with E-state index >= 15 is 0 Å². The minimum Gasteiger partial charge on any atom is -0.395 e. The quantitative estimate of drug-likeness (QED) is 0.854. The lowest BCUT2D eigenvalue weighted by Crippen LogP contribution is -2.18. The molecule has 0 unspecified atom stereocenters. The predicted molar refractivity (Wildman–Crippen MR) is 61.1 cm³/mol. The molecule has 0 aromatic heterocycles. The van der Waals surface area contributed by atoms with Crippen LogP contribution in [0.3, 0.4) is 0 Å². The van der Waals surface area contributed by atoms with Crippen LogP contribution in [0.2, 0.25) is 0 Å². The maximum atomic E-state index is 14.0. The molecule has 0 bridgehead atoms. The van der Waals surface area contributed by atoms with E-state index in [1.807, 2.05) is 6.07 Å². The molecule has 92 valence electrons. The summed E-state index contributed by atoms with van der Waals surface area (Å²) in [6.45, 7) is 0.0610. The van der Waals surface area contributed by atoms with E-state index in [9.17, 15) is 13.9 Å². The fourth-order valence-corrected chi connectivity index (χ4v) is 2.43. The number of rotatable bonds is 4. The zero-order valence-electron chi connectivity index (χ0n) is 9.63. The molecule has 0 radical (unpaired) electrons. The number of hydrogen-bond acceptors (Lipinski definition) is 1. The molecule has 0 aliphatic heterocycles. The SMILES string of the molecule is OCC1(c2cccc(C(F)(F)C3CC3)c2)CC1. The predicted octanol–water partition coefficient (Wildman–Crippen LogP) is 3.21. The zero-order chi connectivity index (χ0) is 12.1. The van der Waals surface area contributed by atoms with Crippen molar-refractivity contribution in [2.24, 2.45) is 5.92 Å². The molecule has 2 aliphatic carbocycles. The van der Waals surface area contributed by atoms with E-state index in [1.54, 1.807) is 12.1 Å². The van der Waals surface area contributed by atoms with Crippen LogP contribution in [0.15, 0.2) is 24.3 Å². The number of benzene rings is 1. The van der Waals surface area contributed by atoms with Crippen LogP contribution >= 0.6 is 0 Å². The van der Waals surface area contributed by atoms with E-state index < -0.39 is 11.8 Å². The van der Waals surface area contributed by atoms with Gasteiger partial charge < -0.3 is 5.11 Å². The van der Waals surface area contributed by atoms with Crippen LogP contribution in [0.25, 0.3) is 0 Å². The maximum Gasteiger partial charge on any atom is 0.276 e. The molecule has 0 atom stereocenters. The van der Waals surface area contributed by atoms with Crippen molar-refractivity contribution in [1.29, 1.82) is 0 Å². The summed E-state index contributed by atoms with van der Waals surface area (Å²) in [4.78, 5) is 0. The van der Waals surface area contributed by atoms with E-state index in [2.05, 4.69) is 0 Å². The summed E-state index contributed by atoms with van der Waals surface area (Å²) in [5, 5.41) is 9.34. The molecule has 2 aliphatic rings. The lowest BCUT2D eigenvalue weighted by molar-refractivity contribution is -0.0286. The summed E-state index contributed by atoms with van der Waals surface area (Å²) in [7, 11) is 0. The van der Waals surface area contributed by atoms with Gasteiger partial charge >= 0.3 is 0 Å². The summed E-state index contributed by atoms with van der Waals surface area (Å²) < 4.78 is 27.9. The molecule has 2 fully saturated rings. The Morgan fingerprint density at radius 1 is 1.29 bits per heavy atom. The van der Waals surface area contributed by atoms with Crippen molar-refractivity contribution in [3.63, 3.8) is 0 Å². The van der Waals surface area contributed by atoms with Gasteiger partial charge in [0.1, 0.15) is 0 Å². The highest BCUT2D eigenvalue weighted by Crippen LogP contribution is 2.52. The Kier molecular flexibility index (Phi) is 2.31. The maximum absolute atomic E-state index is 14.0. The van der Waals surface area contributed by atoms with Gasteiger partial charge in [-0.25, -0.2) is 8.78 Å². The van der Waals surface area contributed by atoms with Crippen molar-refractivity contribution >= 4 is 0 Å². The fraction of sp³-hybridized carbons (Fsp3) is 0.571. The van der Waals surface area contributed by atoms with Crippen LogP contribution in [-0.4, -0.2) is 11.7 Å². The van der Waals surface area contributed by atoms with Gasteiger partial charge in [0.15, 0.2) is 0 Å². The van der Waals surface area contributed by atoms with E-state index in [0.717, 1.165) is 18.4 Å². The lowest BCUT2D eigenvalue weighted by Gasteiger charge is -2.19. The van der Waals surface area contributed by atoms with E-state index in [-0.39, 0.29) is 17.6 Å². The monoisotopic (exact) mass is 238 g/mol. The summed E-state index contributed by atoms with van der Waals surface area (Å²) in [5.74, 6) is -3.16. The van der Waals surface area contributed by atoms with Gasteiger partial charge in [0.05, 0.1) is 6.61 Å². The van der Waals surface area contributed by atoms with Crippen LogP contribution in [0.1, 0.15) is 36.8 Å². The first kappa shape index (κ1) is 11.1. The Balaban J connectivity index is 1.94. The third kappa shape index (κ3) is 1.77. The largest absolute Gasteiger partial charge is 0.395 e.